The van der Waals surface area contributed by atoms with E-state index in [2.05, 4.69) is 6.92 Å². The lowest BCUT2D eigenvalue weighted by Crippen LogP contribution is -2.35. The number of Topliss-reactive ketones (excluding diaryl/α,β-unsaturated/α-hetero) is 1. The molecule has 88 valence electrons. The molecular formula is C11H19ClOS2. The van der Waals surface area contributed by atoms with Crippen molar-refractivity contribution in [1.82, 2.24) is 0 Å². The predicted octanol–water partition coefficient (Wildman–Crippen LogP) is 3.94. The van der Waals surface area contributed by atoms with E-state index in [4.69, 9.17) is 11.6 Å². The summed E-state index contributed by atoms with van der Waals surface area (Å²) in [5.41, 5.74) is 0. The molecule has 0 saturated carbocycles. The average Bonchev–Trinajstić information content (AvgIpc) is 2.29. The van der Waals surface area contributed by atoms with Gasteiger partial charge in [0, 0.05) is 0 Å². The third kappa shape index (κ3) is 3.86. The van der Waals surface area contributed by atoms with Crippen molar-refractivity contribution < 1.29 is 4.79 Å². The van der Waals surface area contributed by atoms with E-state index in [0.29, 0.717) is 0 Å². The quantitative estimate of drug-likeness (QED) is 0.535. The van der Waals surface area contributed by atoms with Crippen LogP contribution in [0.5, 0.6) is 0 Å². The maximum Gasteiger partial charge on any atom is 0.173 e. The Labute approximate surface area is 106 Å². The first-order valence-electron chi connectivity index (χ1n) is 5.62. The normalized spacial score (nSPS) is 20.1. The molecule has 15 heavy (non-hydrogen) atoms. The second-order valence-electron chi connectivity index (χ2n) is 3.82. The summed E-state index contributed by atoms with van der Waals surface area (Å²) in [5, 5.41) is 0. The number of thioether (sulfide) groups is 2. The molecule has 0 N–H and O–H groups in total. The molecule has 0 amide bonds. The van der Waals surface area contributed by atoms with Crippen molar-refractivity contribution in [3.05, 3.63) is 0 Å². The number of carbonyl (C=O) groups is 1. The molecule has 0 aromatic heterocycles. The zero-order valence-corrected chi connectivity index (χ0v) is 11.6. The zero-order chi connectivity index (χ0) is 11.1. The summed E-state index contributed by atoms with van der Waals surface area (Å²) in [5.74, 6) is 2.63. The van der Waals surface area contributed by atoms with Gasteiger partial charge in [-0.05, 0) is 24.3 Å². The summed E-state index contributed by atoms with van der Waals surface area (Å²) >= 11 is 9.36. The Morgan fingerprint density at radius 2 is 2.00 bits per heavy atom. The number of ketones is 1. The monoisotopic (exact) mass is 266 g/mol. The highest BCUT2D eigenvalue weighted by Gasteiger charge is 2.39. The summed E-state index contributed by atoms with van der Waals surface area (Å²) in [6, 6.07) is 0. The van der Waals surface area contributed by atoms with Crippen LogP contribution in [-0.4, -0.2) is 27.2 Å². The standard InChI is InChI=1S/C11H19ClOS2/c1-2-3-4-6-11(10(13)9-12)14-7-5-8-15-11/h2-9H2,1H3. The molecule has 0 aromatic carbocycles. The lowest BCUT2D eigenvalue weighted by atomic mass is 10.1. The van der Waals surface area contributed by atoms with Crippen LogP contribution in [0.2, 0.25) is 0 Å². The van der Waals surface area contributed by atoms with Crippen molar-refractivity contribution in [2.45, 2.75) is 43.1 Å². The van der Waals surface area contributed by atoms with Crippen molar-refractivity contribution in [2.75, 3.05) is 17.4 Å². The molecule has 1 rings (SSSR count). The molecule has 0 bridgehead atoms. The first kappa shape index (κ1) is 13.7. The molecule has 1 heterocycles. The van der Waals surface area contributed by atoms with Crippen LogP contribution in [0.25, 0.3) is 0 Å². The van der Waals surface area contributed by atoms with Gasteiger partial charge in [0.15, 0.2) is 5.78 Å². The molecule has 1 fully saturated rings. The topological polar surface area (TPSA) is 17.1 Å². The second kappa shape index (κ2) is 7.08. The molecule has 0 radical (unpaired) electrons. The van der Waals surface area contributed by atoms with Gasteiger partial charge in [0.25, 0.3) is 0 Å². The number of carbonyl (C=O) groups excluding carboxylic acids is 1. The van der Waals surface area contributed by atoms with Crippen LogP contribution in [0, 0.1) is 0 Å². The zero-order valence-electron chi connectivity index (χ0n) is 9.26. The number of halogens is 1. The van der Waals surface area contributed by atoms with Crippen molar-refractivity contribution in [2.24, 2.45) is 0 Å². The minimum atomic E-state index is -0.199. The highest BCUT2D eigenvalue weighted by molar-refractivity contribution is 8.19. The van der Waals surface area contributed by atoms with Gasteiger partial charge in [-0.2, -0.15) is 0 Å². The minimum Gasteiger partial charge on any atom is -0.296 e. The molecule has 0 spiro atoms. The van der Waals surface area contributed by atoms with Crippen molar-refractivity contribution in [1.29, 1.82) is 0 Å². The van der Waals surface area contributed by atoms with E-state index in [9.17, 15) is 4.79 Å². The van der Waals surface area contributed by atoms with E-state index in [-0.39, 0.29) is 15.7 Å². The van der Waals surface area contributed by atoms with Gasteiger partial charge in [-0.1, -0.05) is 26.2 Å². The fourth-order valence-electron chi connectivity index (χ4n) is 1.73. The Balaban J connectivity index is 2.54. The first-order valence-corrected chi connectivity index (χ1v) is 8.13. The molecule has 4 heteroatoms. The minimum absolute atomic E-state index is 0.173. The highest BCUT2D eigenvalue weighted by Crippen LogP contribution is 2.46. The van der Waals surface area contributed by atoms with Crippen molar-refractivity contribution in [3.63, 3.8) is 0 Å². The van der Waals surface area contributed by atoms with Crippen LogP contribution >= 0.6 is 35.1 Å². The molecule has 1 aliphatic heterocycles. The van der Waals surface area contributed by atoms with E-state index >= 15 is 0 Å². The molecule has 0 aliphatic carbocycles. The third-order valence-electron chi connectivity index (χ3n) is 2.61. The maximum absolute atomic E-state index is 11.9. The van der Waals surface area contributed by atoms with Crippen LogP contribution < -0.4 is 0 Å². The summed E-state index contributed by atoms with van der Waals surface area (Å²) in [6.45, 7) is 2.19. The summed E-state index contributed by atoms with van der Waals surface area (Å²) in [7, 11) is 0. The Kier molecular flexibility index (Phi) is 6.48. The average molecular weight is 267 g/mol. The molecule has 0 atom stereocenters. The lowest BCUT2D eigenvalue weighted by Gasteiger charge is -2.34. The number of hydrogen-bond donors (Lipinski definition) is 0. The van der Waals surface area contributed by atoms with Gasteiger partial charge in [0.2, 0.25) is 0 Å². The van der Waals surface area contributed by atoms with Crippen LogP contribution in [0.3, 0.4) is 0 Å². The third-order valence-corrected chi connectivity index (χ3v) is 6.35. The van der Waals surface area contributed by atoms with Crippen LogP contribution in [-0.2, 0) is 4.79 Å². The van der Waals surface area contributed by atoms with Crippen LogP contribution in [0.4, 0.5) is 0 Å². The van der Waals surface area contributed by atoms with Crippen LogP contribution in [0.15, 0.2) is 0 Å². The fourth-order valence-corrected chi connectivity index (χ4v) is 5.41. The van der Waals surface area contributed by atoms with E-state index in [1.54, 1.807) is 0 Å². The van der Waals surface area contributed by atoms with Crippen LogP contribution in [0.1, 0.15) is 39.0 Å². The molecule has 0 aromatic rings. The first-order chi connectivity index (χ1) is 7.25. The van der Waals surface area contributed by atoms with E-state index in [0.717, 1.165) is 24.3 Å². The second-order valence-corrected chi connectivity index (χ2v) is 7.13. The molecule has 1 saturated heterocycles. The van der Waals surface area contributed by atoms with Gasteiger partial charge in [0.1, 0.15) is 4.08 Å². The Bertz CT molecular complexity index is 203. The van der Waals surface area contributed by atoms with Gasteiger partial charge in [-0.25, -0.2) is 0 Å². The number of unbranched alkanes of at least 4 members (excludes halogenated alkanes) is 2. The molecular weight excluding hydrogens is 248 g/mol. The molecule has 1 nitrogen and oxygen atoms in total. The van der Waals surface area contributed by atoms with Gasteiger partial charge in [-0.3, -0.25) is 4.79 Å². The summed E-state index contributed by atoms with van der Waals surface area (Å²) in [4.78, 5) is 11.9. The predicted molar refractivity (Wildman–Crippen MR) is 72.1 cm³/mol. The number of alkyl halides is 1. The fraction of sp³-hybridized carbons (Fsp3) is 0.909. The Morgan fingerprint density at radius 3 is 2.53 bits per heavy atom. The van der Waals surface area contributed by atoms with Crippen molar-refractivity contribution >= 4 is 40.9 Å². The Hall–Kier alpha value is 0.660. The lowest BCUT2D eigenvalue weighted by molar-refractivity contribution is -0.117. The molecule has 1 aliphatic rings. The maximum atomic E-state index is 11.9. The van der Waals surface area contributed by atoms with Gasteiger partial charge in [0.05, 0.1) is 5.88 Å². The summed E-state index contributed by atoms with van der Waals surface area (Å²) in [6.07, 6.45) is 5.81. The van der Waals surface area contributed by atoms with Crippen molar-refractivity contribution in [3.8, 4) is 0 Å². The van der Waals surface area contributed by atoms with Gasteiger partial charge < -0.3 is 0 Å². The Morgan fingerprint density at radius 1 is 1.33 bits per heavy atom. The highest BCUT2D eigenvalue weighted by atomic mass is 35.5. The number of hydrogen-bond acceptors (Lipinski definition) is 3. The largest absolute Gasteiger partial charge is 0.296 e. The van der Waals surface area contributed by atoms with E-state index < -0.39 is 0 Å². The van der Waals surface area contributed by atoms with Gasteiger partial charge >= 0.3 is 0 Å². The van der Waals surface area contributed by atoms with E-state index in [1.165, 1.54) is 19.3 Å². The summed E-state index contributed by atoms with van der Waals surface area (Å²) < 4.78 is -0.199. The van der Waals surface area contributed by atoms with Gasteiger partial charge in [-0.15, -0.1) is 35.1 Å². The smallest absolute Gasteiger partial charge is 0.173 e. The SMILES string of the molecule is CCCCCC1(C(=O)CCl)SCCCS1. The van der Waals surface area contributed by atoms with E-state index in [1.807, 2.05) is 23.5 Å². The number of rotatable bonds is 6. The molecule has 0 unspecified atom stereocenters.